The summed E-state index contributed by atoms with van der Waals surface area (Å²) in [5.74, 6) is 3.13. The van der Waals surface area contributed by atoms with Crippen LogP contribution in [0.25, 0.3) is 0 Å². The molecule has 0 bridgehead atoms. The molecule has 0 aliphatic heterocycles. The molecule has 0 nitrogen and oxygen atoms in total. The maximum atomic E-state index is 2.60. The van der Waals surface area contributed by atoms with Gasteiger partial charge in [-0.15, -0.1) is 0 Å². The molecular weight excluding hydrogens is 228 g/mol. The third kappa shape index (κ3) is 2.09. The van der Waals surface area contributed by atoms with Crippen LogP contribution in [-0.2, 0) is 0 Å². The summed E-state index contributed by atoms with van der Waals surface area (Å²) in [5.41, 5.74) is 1.85. The van der Waals surface area contributed by atoms with Gasteiger partial charge in [0, 0.05) is 0 Å². The van der Waals surface area contributed by atoms with Crippen molar-refractivity contribution in [3.63, 3.8) is 0 Å². The first-order chi connectivity index (χ1) is 8.76. The lowest BCUT2D eigenvalue weighted by atomic mass is 9.45. The van der Waals surface area contributed by atoms with Gasteiger partial charge in [0.05, 0.1) is 0 Å². The minimum atomic E-state index is 0.580. The van der Waals surface area contributed by atoms with E-state index in [4.69, 9.17) is 0 Å². The van der Waals surface area contributed by atoms with Crippen molar-refractivity contribution in [2.75, 3.05) is 0 Å². The smallest absolute Gasteiger partial charge is 0.0248 e. The molecular formula is C19H34. The zero-order valence-electron chi connectivity index (χ0n) is 13.9. The Morgan fingerprint density at radius 2 is 1.58 bits per heavy atom. The van der Waals surface area contributed by atoms with Crippen LogP contribution >= 0.6 is 0 Å². The van der Waals surface area contributed by atoms with Gasteiger partial charge in [0.2, 0.25) is 0 Å². The Kier molecular flexibility index (Phi) is 3.12. The summed E-state index contributed by atoms with van der Waals surface area (Å²) in [6, 6.07) is 0. The van der Waals surface area contributed by atoms with Gasteiger partial charge in [-0.05, 0) is 85.4 Å². The van der Waals surface area contributed by atoms with Crippen molar-refractivity contribution in [3.8, 4) is 0 Å². The maximum Gasteiger partial charge on any atom is -0.0248 e. The molecule has 0 aromatic rings. The van der Waals surface area contributed by atoms with E-state index < -0.39 is 0 Å². The highest BCUT2D eigenvalue weighted by Crippen LogP contribution is 2.63. The first-order valence-corrected chi connectivity index (χ1v) is 8.76. The molecule has 110 valence electrons. The standard InChI is InChI=1S/C19H34/c1-14(19(5)11-10-17(19,2)3)12-18(4)9-8-15-6-7-16(15)13-18/h14-16H,6-13H2,1-5H3. The molecule has 3 aliphatic rings. The van der Waals surface area contributed by atoms with Gasteiger partial charge in [-0.2, -0.15) is 0 Å². The van der Waals surface area contributed by atoms with Crippen molar-refractivity contribution in [1.29, 1.82) is 0 Å². The fourth-order valence-electron chi connectivity index (χ4n) is 5.64. The van der Waals surface area contributed by atoms with E-state index in [-0.39, 0.29) is 0 Å². The van der Waals surface area contributed by atoms with Crippen molar-refractivity contribution in [2.24, 2.45) is 34.0 Å². The van der Waals surface area contributed by atoms with Gasteiger partial charge in [-0.1, -0.05) is 34.6 Å². The van der Waals surface area contributed by atoms with Crippen LogP contribution in [0.5, 0.6) is 0 Å². The highest BCUT2D eigenvalue weighted by Gasteiger charge is 2.53. The number of fused-ring (bicyclic) bond motifs is 1. The lowest BCUT2D eigenvalue weighted by Gasteiger charge is -2.60. The monoisotopic (exact) mass is 262 g/mol. The summed E-state index contributed by atoms with van der Waals surface area (Å²) in [6.07, 6.45) is 12.1. The average Bonchev–Trinajstić information content (AvgIpc) is 2.31. The third-order valence-corrected chi connectivity index (χ3v) is 8.15. The van der Waals surface area contributed by atoms with E-state index in [1.807, 2.05) is 0 Å². The van der Waals surface area contributed by atoms with E-state index >= 15 is 0 Å². The van der Waals surface area contributed by atoms with Crippen LogP contribution < -0.4 is 0 Å². The highest BCUT2D eigenvalue weighted by molar-refractivity contribution is 5.03. The summed E-state index contributed by atoms with van der Waals surface area (Å²) in [5, 5.41) is 0. The van der Waals surface area contributed by atoms with Crippen LogP contribution in [-0.4, -0.2) is 0 Å². The van der Waals surface area contributed by atoms with Gasteiger partial charge >= 0.3 is 0 Å². The molecule has 5 unspecified atom stereocenters. The van der Waals surface area contributed by atoms with Crippen molar-refractivity contribution < 1.29 is 0 Å². The molecule has 0 spiro atoms. The fourth-order valence-corrected chi connectivity index (χ4v) is 5.64. The van der Waals surface area contributed by atoms with Crippen LogP contribution in [0, 0.1) is 34.0 Å². The van der Waals surface area contributed by atoms with Gasteiger partial charge in [0.25, 0.3) is 0 Å². The Balaban J connectivity index is 1.64. The SMILES string of the molecule is CC(CC1(C)CCC2CCC2C1)C1(C)CCC1(C)C. The topological polar surface area (TPSA) is 0 Å². The third-order valence-electron chi connectivity index (χ3n) is 8.15. The minimum absolute atomic E-state index is 0.580. The van der Waals surface area contributed by atoms with Gasteiger partial charge < -0.3 is 0 Å². The Morgan fingerprint density at radius 3 is 2.00 bits per heavy atom. The minimum Gasteiger partial charge on any atom is -0.0619 e. The molecule has 3 fully saturated rings. The van der Waals surface area contributed by atoms with E-state index in [1.54, 1.807) is 12.8 Å². The quantitative estimate of drug-likeness (QED) is 0.580. The van der Waals surface area contributed by atoms with Crippen LogP contribution in [0.4, 0.5) is 0 Å². The van der Waals surface area contributed by atoms with Crippen LogP contribution in [0.2, 0.25) is 0 Å². The average molecular weight is 262 g/mol. The largest absolute Gasteiger partial charge is 0.0619 e. The summed E-state index contributed by atoms with van der Waals surface area (Å²) < 4.78 is 0. The fraction of sp³-hybridized carbons (Fsp3) is 1.00. The molecule has 3 rings (SSSR count). The van der Waals surface area contributed by atoms with Crippen LogP contribution in [0.3, 0.4) is 0 Å². The number of hydrogen-bond acceptors (Lipinski definition) is 0. The van der Waals surface area contributed by atoms with Crippen molar-refractivity contribution in [2.45, 2.75) is 86.0 Å². The second-order valence-corrected chi connectivity index (χ2v) is 9.56. The second kappa shape index (κ2) is 4.25. The summed E-state index contributed by atoms with van der Waals surface area (Å²) in [4.78, 5) is 0. The first kappa shape index (κ1) is 14.0. The zero-order chi connectivity index (χ0) is 13.9. The van der Waals surface area contributed by atoms with Crippen molar-refractivity contribution in [3.05, 3.63) is 0 Å². The van der Waals surface area contributed by atoms with E-state index in [9.17, 15) is 0 Å². The Morgan fingerprint density at radius 1 is 0.895 bits per heavy atom. The molecule has 0 heteroatoms. The predicted molar refractivity (Wildman–Crippen MR) is 83.1 cm³/mol. The van der Waals surface area contributed by atoms with Crippen molar-refractivity contribution in [1.82, 2.24) is 0 Å². The molecule has 3 aliphatic carbocycles. The van der Waals surface area contributed by atoms with Gasteiger partial charge in [0.15, 0.2) is 0 Å². The summed E-state index contributed by atoms with van der Waals surface area (Å²) in [7, 11) is 0. The Hall–Kier alpha value is 0. The summed E-state index contributed by atoms with van der Waals surface area (Å²) in [6.45, 7) is 12.7. The normalized spacial score (nSPS) is 49.7. The zero-order valence-corrected chi connectivity index (χ0v) is 13.9. The number of rotatable bonds is 3. The lowest BCUT2D eigenvalue weighted by molar-refractivity contribution is -0.0999. The molecule has 19 heavy (non-hydrogen) atoms. The van der Waals surface area contributed by atoms with E-state index in [0.29, 0.717) is 16.2 Å². The molecule has 0 radical (unpaired) electrons. The van der Waals surface area contributed by atoms with E-state index in [1.165, 1.54) is 38.5 Å². The Bertz CT molecular complexity index is 355. The summed E-state index contributed by atoms with van der Waals surface area (Å²) >= 11 is 0. The van der Waals surface area contributed by atoms with Crippen molar-refractivity contribution >= 4 is 0 Å². The molecule has 0 saturated heterocycles. The molecule has 0 aromatic carbocycles. The second-order valence-electron chi connectivity index (χ2n) is 9.56. The lowest BCUT2D eigenvalue weighted by Crippen LogP contribution is -2.51. The Labute approximate surface area is 120 Å². The molecule has 0 N–H and O–H groups in total. The van der Waals surface area contributed by atoms with E-state index in [0.717, 1.165) is 17.8 Å². The highest BCUT2D eigenvalue weighted by atomic mass is 14.6. The van der Waals surface area contributed by atoms with E-state index in [2.05, 4.69) is 34.6 Å². The molecule has 0 amide bonds. The molecule has 0 aromatic heterocycles. The maximum absolute atomic E-state index is 2.60. The van der Waals surface area contributed by atoms with Crippen LogP contribution in [0.15, 0.2) is 0 Å². The first-order valence-electron chi connectivity index (χ1n) is 8.76. The van der Waals surface area contributed by atoms with Gasteiger partial charge in [-0.25, -0.2) is 0 Å². The molecule has 3 saturated carbocycles. The van der Waals surface area contributed by atoms with Crippen LogP contribution in [0.1, 0.15) is 86.0 Å². The predicted octanol–water partition coefficient (Wildman–Crippen LogP) is 6.06. The molecule has 5 atom stereocenters. The number of hydrogen-bond donors (Lipinski definition) is 0. The van der Waals surface area contributed by atoms with Gasteiger partial charge in [0.1, 0.15) is 0 Å². The molecule has 0 heterocycles. The van der Waals surface area contributed by atoms with Gasteiger partial charge in [-0.3, -0.25) is 0 Å².